The van der Waals surface area contributed by atoms with Crippen LogP contribution in [0.1, 0.15) is 31.3 Å². The first-order valence-corrected chi connectivity index (χ1v) is 7.11. The molecule has 3 nitrogen and oxygen atoms in total. The molecule has 1 atom stereocenters. The first kappa shape index (κ1) is 14.1. The quantitative estimate of drug-likeness (QED) is 0.876. The van der Waals surface area contributed by atoms with Gasteiger partial charge in [-0.1, -0.05) is 36.7 Å². The number of nitrogens with zero attached hydrogens (tertiary/aromatic N) is 2. The Hall–Kier alpha value is -1.32. The average Bonchev–Trinajstić information content (AvgIpc) is 2.86. The molecule has 0 saturated carbocycles. The summed E-state index contributed by atoms with van der Waals surface area (Å²) in [7, 11) is 0. The molecule has 102 valence electrons. The van der Waals surface area contributed by atoms with Gasteiger partial charge in [0.05, 0.1) is 0 Å². The van der Waals surface area contributed by atoms with E-state index in [1.165, 1.54) is 0 Å². The molecule has 19 heavy (non-hydrogen) atoms. The Morgan fingerprint density at radius 3 is 2.79 bits per heavy atom. The van der Waals surface area contributed by atoms with Crippen LogP contribution in [-0.4, -0.2) is 16.1 Å². The lowest BCUT2D eigenvalue weighted by molar-refractivity contribution is 0.522. The molecule has 2 rings (SSSR count). The minimum absolute atomic E-state index is 0.200. The Labute approximate surface area is 119 Å². The fourth-order valence-corrected chi connectivity index (χ4v) is 2.56. The van der Waals surface area contributed by atoms with Gasteiger partial charge in [-0.15, -0.1) is 0 Å². The third-order valence-corrected chi connectivity index (χ3v) is 3.60. The van der Waals surface area contributed by atoms with Crippen LogP contribution in [0, 0.1) is 0 Å². The maximum Gasteiger partial charge on any atom is 0.110 e. The van der Waals surface area contributed by atoms with Gasteiger partial charge >= 0.3 is 0 Å². The van der Waals surface area contributed by atoms with Crippen molar-refractivity contribution < 1.29 is 0 Å². The van der Waals surface area contributed by atoms with Crippen LogP contribution < -0.4 is 5.32 Å². The van der Waals surface area contributed by atoms with Gasteiger partial charge in [-0.2, -0.15) is 0 Å². The van der Waals surface area contributed by atoms with Gasteiger partial charge in [-0.25, -0.2) is 4.98 Å². The van der Waals surface area contributed by atoms with Crippen LogP contribution in [0.5, 0.6) is 0 Å². The van der Waals surface area contributed by atoms with Crippen molar-refractivity contribution >= 4 is 11.6 Å². The number of benzene rings is 1. The number of hydrogen-bond donors (Lipinski definition) is 1. The molecule has 0 aliphatic heterocycles. The van der Waals surface area contributed by atoms with Gasteiger partial charge in [0.25, 0.3) is 0 Å². The molecule has 0 fully saturated rings. The summed E-state index contributed by atoms with van der Waals surface area (Å²) in [4.78, 5) is 4.44. The summed E-state index contributed by atoms with van der Waals surface area (Å²) in [5.41, 5.74) is 1.14. The van der Waals surface area contributed by atoms with E-state index in [1.807, 2.05) is 30.6 Å². The van der Waals surface area contributed by atoms with Crippen molar-refractivity contribution in [3.8, 4) is 0 Å². The predicted molar refractivity (Wildman–Crippen MR) is 79.5 cm³/mol. The van der Waals surface area contributed by atoms with Gasteiger partial charge in [0.1, 0.15) is 5.82 Å². The standard InChI is InChI=1S/C15H20ClN3/c1-3-17-14(12-7-5-6-8-13(12)16)11-15-18-9-10-19(15)4-2/h5-10,14,17H,3-4,11H2,1-2H3. The Morgan fingerprint density at radius 1 is 1.32 bits per heavy atom. The molecule has 1 aromatic carbocycles. The number of nitrogens with one attached hydrogen (secondary N) is 1. The number of imidazole rings is 1. The molecular weight excluding hydrogens is 258 g/mol. The molecule has 1 unspecified atom stereocenters. The van der Waals surface area contributed by atoms with Crippen molar-refractivity contribution in [1.82, 2.24) is 14.9 Å². The number of likely N-dealkylation sites (N-methyl/N-ethyl adjacent to an activating group) is 1. The monoisotopic (exact) mass is 277 g/mol. The highest BCUT2D eigenvalue weighted by Gasteiger charge is 2.16. The van der Waals surface area contributed by atoms with Crippen LogP contribution in [0.4, 0.5) is 0 Å². The van der Waals surface area contributed by atoms with Crippen molar-refractivity contribution in [2.24, 2.45) is 0 Å². The van der Waals surface area contributed by atoms with Gasteiger partial charge in [0.2, 0.25) is 0 Å². The zero-order valence-corrected chi connectivity index (χ0v) is 12.2. The maximum atomic E-state index is 6.30. The smallest absolute Gasteiger partial charge is 0.110 e. The van der Waals surface area contributed by atoms with E-state index in [4.69, 9.17) is 11.6 Å². The average molecular weight is 278 g/mol. The van der Waals surface area contributed by atoms with Gasteiger partial charge in [-0.3, -0.25) is 0 Å². The summed E-state index contributed by atoms with van der Waals surface area (Å²) in [6, 6.07) is 8.20. The number of hydrogen-bond acceptors (Lipinski definition) is 2. The first-order valence-electron chi connectivity index (χ1n) is 6.74. The lowest BCUT2D eigenvalue weighted by atomic mass is 10.0. The zero-order chi connectivity index (χ0) is 13.7. The Morgan fingerprint density at radius 2 is 2.11 bits per heavy atom. The second kappa shape index (κ2) is 6.73. The maximum absolute atomic E-state index is 6.30. The minimum atomic E-state index is 0.200. The van der Waals surface area contributed by atoms with Crippen molar-refractivity contribution in [2.75, 3.05) is 6.54 Å². The molecule has 0 radical (unpaired) electrons. The van der Waals surface area contributed by atoms with Gasteiger partial charge in [-0.05, 0) is 25.1 Å². The van der Waals surface area contributed by atoms with Crippen LogP contribution in [0.25, 0.3) is 0 Å². The van der Waals surface area contributed by atoms with E-state index in [0.29, 0.717) is 0 Å². The zero-order valence-electron chi connectivity index (χ0n) is 11.4. The molecule has 1 aromatic heterocycles. The molecule has 2 aromatic rings. The summed E-state index contributed by atoms with van der Waals surface area (Å²) in [6.45, 7) is 6.08. The molecule has 0 amide bonds. The minimum Gasteiger partial charge on any atom is -0.335 e. The fraction of sp³-hybridized carbons (Fsp3) is 0.400. The van der Waals surface area contributed by atoms with Crippen molar-refractivity contribution in [2.45, 2.75) is 32.9 Å². The Kier molecular flexibility index (Phi) is 5.00. The summed E-state index contributed by atoms with van der Waals surface area (Å²) < 4.78 is 2.17. The van der Waals surface area contributed by atoms with Gasteiger partial charge < -0.3 is 9.88 Å². The van der Waals surface area contributed by atoms with Crippen LogP contribution in [0.3, 0.4) is 0 Å². The summed E-state index contributed by atoms with van der Waals surface area (Å²) >= 11 is 6.30. The van der Waals surface area contributed by atoms with E-state index >= 15 is 0 Å². The topological polar surface area (TPSA) is 29.9 Å². The number of aromatic nitrogens is 2. The van der Waals surface area contributed by atoms with Crippen LogP contribution in [0.2, 0.25) is 5.02 Å². The second-order valence-corrected chi connectivity index (χ2v) is 4.87. The highest BCUT2D eigenvalue weighted by Crippen LogP contribution is 2.25. The molecular formula is C15H20ClN3. The lowest BCUT2D eigenvalue weighted by Crippen LogP contribution is -2.24. The molecule has 1 heterocycles. The molecule has 1 N–H and O–H groups in total. The van der Waals surface area contributed by atoms with Crippen LogP contribution in [0.15, 0.2) is 36.7 Å². The van der Waals surface area contributed by atoms with E-state index in [0.717, 1.165) is 35.9 Å². The first-order chi connectivity index (χ1) is 9.26. The van der Waals surface area contributed by atoms with Crippen molar-refractivity contribution in [1.29, 1.82) is 0 Å². The lowest BCUT2D eigenvalue weighted by Gasteiger charge is -2.19. The second-order valence-electron chi connectivity index (χ2n) is 4.47. The molecule has 0 bridgehead atoms. The Bertz CT molecular complexity index is 522. The number of halogens is 1. The SMILES string of the molecule is CCNC(Cc1nccn1CC)c1ccccc1Cl. The predicted octanol–water partition coefficient (Wildman–Crippen LogP) is 3.45. The highest BCUT2D eigenvalue weighted by molar-refractivity contribution is 6.31. The highest BCUT2D eigenvalue weighted by atomic mass is 35.5. The molecule has 4 heteroatoms. The summed E-state index contributed by atoms with van der Waals surface area (Å²) in [5.74, 6) is 1.09. The molecule has 0 aliphatic rings. The largest absolute Gasteiger partial charge is 0.335 e. The van der Waals surface area contributed by atoms with E-state index in [-0.39, 0.29) is 6.04 Å². The molecule has 0 spiro atoms. The van der Waals surface area contributed by atoms with Gasteiger partial charge in [0, 0.05) is 36.4 Å². The van der Waals surface area contributed by atoms with E-state index in [2.05, 4.69) is 34.8 Å². The normalized spacial score (nSPS) is 12.6. The molecule has 0 saturated heterocycles. The van der Waals surface area contributed by atoms with Gasteiger partial charge in [0.15, 0.2) is 0 Å². The van der Waals surface area contributed by atoms with E-state index < -0.39 is 0 Å². The number of rotatable bonds is 6. The fourth-order valence-electron chi connectivity index (χ4n) is 2.30. The van der Waals surface area contributed by atoms with Crippen molar-refractivity contribution in [3.63, 3.8) is 0 Å². The number of aryl methyl sites for hydroxylation is 1. The third kappa shape index (κ3) is 3.37. The van der Waals surface area contributed by atoms with Crippen molar-refractivity contribution in [3.05, 3.63) is 53.1 Å². The molecule has 0 aliphatic carbocycles. The van der Waals surface area contributed by atoms with Crippen LogP contribution in [-0.2, 0) is 13.0 Å². The van der Waals surface area contributed by atoms with Crippen LogP contribution >= 0.6 is 11.6 Å². The summed E-state index contributed by atoms with van der Waals surface area (Å²) in [5, 5.41) is 4.30. The summed E-state index contributed by atoms with van der Waals surface area (Å²) in [6.07, 6.45) is 4.72. The third-order valence-electron chi connectivity index (χ3n) is 3.26. The van der Waals surface area contributed by atoms with E-state index in [1.54, 1.807) is 0 Å². The van der Waals surface area contributed by atoms with E-state index in [9.17, 15) is 0 Å². The Balaban J connectivity index is 2.24.